The van der Waals surface area contributed by atoms with Gasteiger partial charge in [-0.05, 0) is 96.2 Å². The molecule has 4 rings (SSSR count). The summed E-state index contributed by atoms with van der Waals surface area (Å²) in [6, 6.07) is 0. The van der Waals surface area contributed by atoms with Gasteiger partial charge in [0.05, 0.1) is 13.2 Å². The van der Waals surface area contributed by atoms with Gasteiger partial charge in [-0.3, -0.25) is 4.79 Å². The highest BCUT2D eigenvalue weighted by Gasteiger charge is 2.67. The van der Waals surface area contributed by atoms with Crippen LogP contribution in [0, 0.1) is 64.1 Å². The molecule has 0 aromatic rings. The van der Waals surface area contributed by atoms with E-state index in [2.05, 4.69) is 41.5 Å². The zero-order chi connectivity index (χ0) is 26.4. The number of hydrogen-bond donors (Lipinski definition) is 0. The fraction of sp³-hybridized carbons (Fsp3) is 0.935. The largest absolute Gasteiger partial charge is 0.463 e. The predicted molar refractivity (Wildman–Crippen MR) is 141 cm³/mol. The second kappa shape index (κ2) is 10.7. The van der Waals surface area contributed by atoms with E-state index >= 15 is 0 Å². The summed E-state index contributed by atoms with van der Waals surface area (Å²) in [4.78, 5) is 24.4. The molecule has 0 amide bonds. The zero-order valence-electron chi connectivity index (χ0n) is 24.2. The molecular weight excluding hydrogens is 452 g/mol. The van der Waals surface area contributed by atoms with E-state index in [0.29, 0.717) is 54.1 Å². The van der Waals surface area contributed by atoms with Gasteiger partial charge >= 0.3 is 5.97 Å². The Labute approximate surface area is 219 Å². The number of ether oxygens (including phenoxy) is 3. The van der Waals surface area contributed by atoms with Gasteiger partial charge in [-0.2, -0.15) is 0 Å². The summed E-state index contributed by atoms with van der Waals surface area (Å²) in [6.07, 6.45) is 9.30. The maximum atomic E-state index is 12.5. The number of carbonyl (C=O) groups excluding carboxylic acids is 2. The number of carbonyl (C=O) groups is 2. The molecule has 0 aromatic carbocycles. The second-order valence-corrected chi connectivity index (χ2v) is 13.7. The Morgan fingerprint density at radius 1 is 1.00 bits per heavy atom. The van der Waals surface area contributed by atoms with Crippen LogP contribution < -0.4 is 0 Å². The van der Waals surface area contributed by atoms with E-state index in [1.54, 1.807) is 7.11 Å². The Kier molecular flexibility index (Phi) is 8.32. The minimum atomic E-state index is -0.699. The van der Waals surface area contributed by atoms with E-state index in [4.69, 9.17) is 14.2 Å². The van der Waals surface area contributed by atoms with Gasteiger partial charge in [0.15, 0.2) is 0 Å². The first-order valence-corrected chi connectivity index (χ1v) is 14.8. The highest BCUT2D eigenvalue weighted by molar-refractivity contribution is 6.33. The van der Waals surface area contributed by atoms with E-state index in [0.717, 1.165) is 24.7 Å². The third-order valence-corrected chi connectivity index (χ3v) is 12.3. The first-order chi connectivity index (χ1) is 17.0. The van der Waals surface area contributed by atoms with Crippen molar-refractivity contribution < 1.29 is 23.8 Å². The molecule has 0 N–H and O–H groups in total. The number of rotatable bonds is 8. The molecule has 0 saturated heterocycles. The number of hydrogen-bond acceptors (Lipinski definition) is 5. The van der Waals surface area contributed by atoms with Gasteiger partial charge in [-0.1, -0.05) is 54.4 Å². The van der Waals surface area contributed by atoms with Crippen LogP contribution in [-0.2, 0) is 23.8 Å². The number of ketones is 1. The molecule has 4 saturated carbocycles. The van der Waals surface area contributed by atoms with Crippen molar-refractivity contribution in [2.75, 3.05) is 21.0 Å². The van der Waals surface area contributed by atoms with E-state index in [-0.39, 0.29) is 23.2 Å². The quantitative estimate of drug-likeness (QED) is 0.214. The lowest BCUT2D eigenvalue weighted by Gasteiger charge is -2.67. The van der Waals surface area contributed by atoms with Crippen LogP contribution >= 0.6 is 0 Å². The number of fused-ring (bicyclic) bond motifs is 5. The SMILES string of the molecule is CC[C@H]1C(OCOC)C2C3CC[C@H]([C@H](C)CC(=O)C(=O)OC)[C@@]3(C)[C@@H](C)CC2[C@@]2(C)CC[C@@H](C)C[C@@H]12. The first kappa shape index (κ1) is 28.1. The van der Waals surface area contributed by atoms with E-state index < -0.39 is 5.97 Å². The molecule has 5 heteroatoms. The topological polar surface area (TPSA) is 61.8 Å². The Morgan fingerprint density at radius 2 is 1.72 bits per heavy atom. The van der Waals surface area contributed by atoms with Gasteiger partial charge in [-0.25, -0.2) is 4.79 Å². The number of methoxy groups -OCH3 is 2. The molecule has 4 unspecified atom stereocenters. The minimum absolute atomic E-state index is 0.148. The molecular formula is C31H52O5. The maximum absolute atomic E-state index is 12.5. The smallest absolute Gasteiger partial charge is 0.374 e. The van der Waals surface area contributed by atoms with Gasteiger partial charge in [0.2, 0.25) is 5.78 Å². The number of esters is 1. The lowest BCUT2D eigenvalue weighted by molar-refractivity contribution is -0.240. The average molecular weight is 505 g/mol. The standard InChI is InChI=1S/C31H52O5/c1-9-21-24-14-18(2)12-13-30(24,5)25-16-20(4)31(6)22(19(3)15-26(32)29(33)35-8)10-11-23(31)27(25)28(21)36-17-34-7/h18-25,27-28H,9-17H2,1-8H3/t18-,19-,20+,21-,22-,23?,24+,25?,27?,28?,30+,31-/m1/s1. The lowest BCUT2D eigenvalue weighted by Crippen LogP contribution is -2.63. The van der Waals surface area contributed by atoms with Crippen molar-refractivity contribution in [1.29, 1.82) is 0 Å². The lowest BCUT2D eigenvalue weighted by atomic mass is 9.39. The van der Waals surface area contributed by atoms with Gasteiger partial charge in [0, 0.05) is 13.5 Å². The molecule has 0 radical (unpaired) electrons. The molecule has 5 nitrogen and oxygen atoms in total. The highest BCUT2D eigenvalue weighted by atomic mass is 16.7. The van der Waals surface area contributed by atoms with Crippen LogP contribution in [0.25, 0.3) is 0 Å². The van der Waals surface area contributed by atoms with Crippen molar-refractivity contribution in [3.8, 4) is 0 Å². The molecule has 0 bridgehead atoms. The molecule has 4 aliphatic carbocycles. The van der Waals surface area contributed by atoms with E-state index in [1.807, 2.05) is 0 Å². The van der Waals surface area contributed by atoms with Crippen molar-refractivity contribution in [2.45, 2.75) is 99.0 Å². The summed E-state index contributed by atoms with van der Waals surface area (Å²) in [7, 11) is 3.04. The third-order valence-electron chi connectivity index (χ3n) is 12.3. The van der Waals surface area contributed by atoms with Crippen LogP contribution in [0.5, 0.6) is 0 Å². The molecule has 206 valence electrons. The molecule has 0 aromatic heterocycles. The first-order valence-electron chi connectivity index (χ1n) is 14.8. The predicted octanol–water partition coefficient (Wildman–Crippen LogP) is 6.53. The van der Waals surface area contributed by atoms with Gasteiger partial charge in [-0.15, -0.1) is 0 Å². The van der Waals surface area contributed by atoms with E-state index in [9.17, 15) is 9.59 Å². The van der Waals surface area contributed by atoms with Crippen LogP contribution in [0.15, 0.2) is 0 Å². The fourth-order valence-corrected chi connectivity index (χ4v) is 10.5. The zero-order valence-corrected chi connectivity index (χ0v) is 24.2. The third kappa shape index (κ3) is 4.38. The Balaban J connectivity index is 1.69. The van der Waals surface area contributed by atoms with Crippen molar-refractivity contribution in [2.24, 2.45) is 64.1 Å². The van der Waals surface area contributed by atoms with Crippen molar-refractivity contribution in [3.05, 3.63) is 0 Å². The monoisotopic (exact) mass is 504 g/mol. The summed E-state index contributed by atoms with van der Waals surface area (Å²) in [5, 5.41) is 0. The van der Waals surface area contributed by atoms with Crippen molar-refractivity contribution >= 4 is 11.8 Å². The molecule has 12 atom stereocenters. The molecule has 0 aliphatic heterocycles. The molecule has 0 spiro atoms. The summed E-state index contributed by atoms with van der Waals surface area (Å²) < 4.78 is 16.9. The van der Waals surface area contributed by atoms with Crippen LogP contribution in [0.2, 0.25) is 0 Å². The average Bonchev–Trinajstić information content (AvgIpc) is 3.21. The van der Waals surface area contributed by atoms with Crippen LogP contribution in [0.4, 0.5) is 0 Å². The van der Waals surface area contributed by atoms with Crippen LogP contribution in [0.1, 0.15) is 92.9 Å². The summed E-state index contributed by atoms with van der Waals surface area (Å²) in [5.41, 5.74) is 0.528. The highest BCUT2D eigenvalue weighted by Crippen LogP contribution is 2.71. The van der Waals surface area contributed by atoms with E-state index in [1.165, 1.54) is 39.2 Å². The Bertz CT molecular complexity index is 811. The Morgan fingerprint density at radius 3 is 2.36 bits per heavy atom. The molecule has 4 fully saturated rings. The second-order valence-electron chi connectivity index (χ2n) is 13.7. The van der Waals surface area contributed by atoms with Gasteiger partial charge < -0.3 is 14.2 Å². The van der Waals surface area contributed by atoms with Crippen LogP contribution in [-0.4, -0.2) is 38.9 Å². The molecule has 36 heavy (non-hydrogen) atoms. The summed E-state index contributed by atoms with van der Waals surface area (Å²) >= 11 is 0. The fourth-order valence-electron chi connectivity index (χ4n) is 10.5. The summed E-state index contributed by atoms with van der Waals surface area (Å²) in [6.45, 7) is 15.0. The van der Waals surface area contributed by atoms with Crippen LogP contribution in [0.3, 0.4) is 0 Å². The van der Waals surface area contributed by atoms with Gasteiger partial charge in [0.25, 0.3) is 0 Å². The maximum Gasteiger partial charge on any atom is 0.374 e. The molecule has 0 heterocycles. The van der Waals surface area contributed by atoms with Gasteiger partial charge in [0.1, 0.15) is 6.79 Å². The Hall–Kier alpha value is -0.940. The summed E-state index contributed by atoms with van der Waals surface area (Å²) in [5.74, 6) is 4.01. The van der Waals surface area contributed by atoms with Crippen molar-refractivity contribution in [3.63, 3.8) is 0 Å². The minimum Gasteiger partial charge on any atom is -0.463 e. The van der Waals surface area contributed by atoms with Crippen molar-refractivity contribution in [1.82, 2.24) is 0 Å². The normalized spacial score (nSPS) is 46.8. The number of Topliss-reactive ketones (excluding diaryl/α,β-unsaturated/α-hetero) is 1. The molecule has 4 aliphatic rings.